The Morgan fingerprint density at radius 3 is 2.65 bits per heavy atom. The molecule has 7 heteroatoms. The van der Waals surface area contributed by atoms with Crippen LogP contribution < -0.4 is 15.2 Å². The van der Waals surface area contributed by atoms with Gasteiger partial charge in [-0.2, -0.15) is 0 Å². The Balaban J connectivity index is 1.84. The van der Waals surface area contributed by atoms with Crippen molar-refractivity contribution in [1.29, 1.82) is 0 Å². The number of hydrogen-bond acceptors (Lipinski definition) is 4. The Kier molecular flexibility index (Phi) is 5.32. The van der Waals surface area contributed by atoms with Gasteiger partial charge in [0.1, 0.15) is 0 Å². The third-order valence-electron chi connectivity index (χ3n) is 4.25. The van der Waals surface area contributed by atoms with E-state index in [4.69, 9.17) is 26.8 Å². The summed E-state index contributed by atoms with van der Waals surface area (Å²) in [7, 11) is 1.44. The molecule has 1 aliphatic rings. The molecule has 136 valence electrons. The lowest BCUT2D eigenvalue weighted by Crippen LogP contribution is -2.35. The Bertz CT molecular complexity index is 853. The number of carbonyl (C=O) groups excluding carboxylic acids is 2. The molecule has 6 nitrogen and oxygen atoms in total. The summed E-state index contributed by atoms with van der Waals surface area (Å²) in [5.74, 6) is -0.301. The second-order valence-corrected chi connectivity index (χ2v) is 6.40. The van der Waals surface area contributed by atoms with Crippen molar-refractivity contribution in [3.63, 3.8) is 0 Å². The van der Waals surface area contributed by atoms with Crippen molar-refractivity contribution in [2.24, 2.45) is 5.73 Å². The molecule has 0 unspecified atom stereocenters. The van der Waals surface area contributed by atoms with E-state index in [0.29, 0.717) is 18.7 Å². The van der Waals surface area contributed by atoms with Gasteiger partial charge in [-0.1, -0.05) is 35.9 Å². The molecule has 0 atom stereocenters. The maximum absolute atomic E-state index is 12.9. The second-order valence-electron chi connectivity index (χ2n) is 5.99. The van der Waals surface area contributed by atoms with Crippen LogP contribution in [-0.4, -0.2) is 37.0 Å². The minimum Gasteiger partial charge on any atom is -0.493 e. The van der Waals surface area contributed by atoms with Gasteiger partial charge in [-0.3, -0.25) is 9.59 Å². The molecule has 2 aromatic carbocycles. The number of methoxy groups -OCH3 is 1. The summed E-state index contributed by atoms with van der Waals surface area (Å²) in [6.07, 6.45) is 0.812. The number of fused-ring (bicyclic) bond motifs is 1. The van der Waals surface area contributed by atoms with E-state index in [9.17, 15) is 9.59 Å². The van der Waals surface area contributed by atoms with E-state index in [1.807, 2.05) is 18.2 Å². The average molecular weight is 375 g/mol. The maximum atomic E-state index is 12.9. The smallest absolute Gasteiger partial charge is 0.255 e. The monoisotopic (exact) mass is 374 g/mol. The Morgan fingerprint density at radius 2 is 1.96 bits per heavy atom. The number of nitrogens with two attached hydrogens (primary N) is 1. The number of benzene rings is 2. The van der Waals surface area contributed by atoms with Crippen molar-refractivity contribution in [2.45, 2.75) is 13.0 Å². The Morgan fingerprint density at radius 1 is 1.23 bits per heavy atom. The summed E-state index contributed by atoms with van der Waals surface area (Å²) < 4.78 is 10.6. The van der Waals surface area contributed by atoms with Gasteiger partial charge in [-0.05, 0) is 29.7 Å². The molecule has 0 aromatic heterocycles. The number of amides is 2. The van der Waals surface area contributed by atoms with E-state index in [-0.39, 0.29) is 29.0 Å². The molecule has 2 aromatic rings. The molecule has 0 aliphatic carbocycles. The predicted octanol–water partition coefficient (Wildman–Crippen LogP) is 2.41. The van der Waals surface area contributed by atoms with Gasteiger partial charge in [-0.15, -0.1) is 0 Å². The lowest BCUT2D eigenvalue weighted by atomic mass is 9.99. The Labute approximate surface area is 156 Å². The number of carbonyl (C=O) groups is 2. The fraction of sp³-hybridized carbons (Fsp3) is 0.263. The molecule has 0 saturated heterocycles. The summed E-state index contributed by atoms with van der Waals surface area (Å²) in [6.45, 7) is 0.858. The largest absolute Gasteiger partial charge is 0.493 e. The van der Waals surface area contributed by atoms with Gasteiger partial charge < -0.3 is 20.1 Å². The molecule has 1 heterocycles. The van der Waals surface area contributed by atoms with Crippen LogP contribution in [0.5, 0.6) is 11.5 Å². The van der Waals surface area contributed by atoms with E-state index in [2.05, 4.69) is 6.07 Å². The molecule has 0 saturated carbocycles. The standard InChI is InChI=1S/C19H19ClN2O4/c1-25-16-9-14(8-15(20)18(16)26-11-17(21)23)19(24)22-7-6-12-4-2-3-5-13(12)10-22/h2-5,8-9H,6-7,10-11H2,1H3,(H2,21,23). The number of hydrogen-bond donors (Lipinski definition) is 1. The molecule has 2 N–H and O–H groups in total. The molecule has 3 rings (SSSR count). The van der Waals surface area contributed by atoms with Crippen LogP contribution >= 0.6 is 11.6 Å². The minimum absolute atomic E-state index is 0.138. The zero-order valence-electron chi connectivity index (χ0n) is 14.3. The van der Waals surface area contributed by atoms with Crippen LogP contribution in [0.15, 0.2) is 36.4 Å². The van der Waals surface area contributed by atoms with Crippen LogP contribution in [-0.2, 0) is 17.8 Å². The highest BCUT2D eigenvalue weighted by molar-refractivity contribution is 6.32. The van der Waals surface area contributed by atoms with E-state index >= 15 is 0 Å². The quantitative estimate of drug-likeness (QED) is 0.871. The first kappa shape index (κ1) is 18.1. The molecule has 2 amide bonds. The van der Waals surface area contributed by atoms with Crippen LogP contribution in [0, 0.1) is 0 Å². The molecule has 0 radical (unpaired) electrons. The number of rotatable bonds is 5. The van der Waals surface area contributed by atoms with Crippen LogP contribution in [0.3, 0.4) is 0 Å². The molecular formula is C19H19ClN2O4. The van der Waals surface area contributed by atoms with Crippen molar-refractivity contribution >= 4 is 23.4 Å². The normalized spacial score (nSPS) is 13.1. The lowest BCUT2D eigenvalue weighted by molar-refractivity contribution is -0.119. The lowest BCUT2D eigenvalue weighted by Gasteiger charge is -2.29. The number of primary amides is 1. The maximum Gasteiger partial charge on any atom is 0.255 e. The van der Waals surface area contributed by atoms with Gasteiger partial charge in [0.05, 0.1) is 12.1 Å². The van der Waals surface area contributed by atoms with Gasteiger partial charge in [0, 0.05) is 18.7 Å². The summed E-state index contributed by atoms with van der Waals surface area (Å²) in [6, 6.07) is 11.2. The van der Waals surface area contributed by atoms with Crippen LogP contribution in [0.2, 0.25) is 5.02 Å². The fourth-order valence-electron chi connectivity index (χ4n) is 2.98. The van der Waals surface area contributed by atoms with E-state index in [1.165, 1.54) is 18.7 Å². The first-order chi connectivity index (χ1) is 12.5. The summed E-state index contributed by atoms with van der Waals surface area (Å²) in [5, 5.41) is 0.186. The van der Waals surface area contributed by atoms with Crippen molar-refractivity contribution < 1.29 is 19.1 Å². The highest BCUT2D eigenvalue weighted by atomic mass is 35.5. The summed E-state index contributed by atoms with van der Waals surface area (Å²) >= 11 is 6.23. The van der Waals surface area contributed by atoms with Crippen molar-refractivity contribution in [2.75, 3.05) is 20.3 Å². The zero-order chi connectivity index (χ0) is 18.7. The number of halogens is 1. The minimum atomic E-state index is -0.629. The average Bonchev–Trinajstić information content (AvgIpc) is 2.65. The molecule has 0 fully saturated rings. The number of ether oxygens (including phenoxy) is 2. The molecule has 26 heavy (non-hydrogen) atoms. The fourth-order valence-corrected chi connectivity index (χ4v) is 3.24. The summed E-state index contributed by atoms with van der Waals surface area (Å²) in [5.41, 5.74) is 7.90. The highest BCUT2D eigenvalue weighted by Gasteiger charge is 2.24. The SMILES string of the molecule is COc1cc(C(=O)N2CCc3ccccc3C2)cc(Cl)c1OCC(N)=O. The first-order valence-corrected chi connectivity index (χ1v) is 8.52. The van der Waals surface area contributed by atoms with Crippen molar-refractivity contribution in [3.8, 4) is 11.5 Å². The zero-order valence-corrected chi connectivity index (χ0v) is 15.1. The van der Waals surface area contributed by atoms with E-state index in [0.717, 1.165) is 12.0 Å². The van der Waals surface area contributed by atoms with E-state index < -0.39 is 5.91 Å². The first-order valence-electron chi connectivity index (χ1n) is 8.14. The van der Waals surface area contributed by atoms with Crippen LogP contribution in [0.25, 0.3) is 0 Å². The van der Waals surface area contributed by atoms with Crippen molar-refractivity contribution in [3.05, 3.63) is 58.1 Å². The van der Waals surface area contributed by atoms with Gasteiger partial charge in [-0.25, -0.2) is 0 Å². The molecule has 0 bridgehead atoms. The third-order valence-corrected chi connectivity index (χ3v) is 4.53. The molecule has 1 aliphatic heterocycles. The van der Waals surface area contributed by atoms with Gasteiger partial charge >= 0.3 is 0 Å². The number of nitrogens with zero attached hydrogens (tertiary/aromatic N) is 1. The molecule has 0 spiro atoms. The van der Waals surface area contributed by atoms with Gasteiger partial charge in [0.15, 0.2) is 18.1 Å². The second kappa shape index (κ2) is 7.66. The predicted molar refractivity (Wildman–Crippen MR) is 97.6 cm³/mol. The Hall–Kier alpha value is -2.73. The van der Waals surface area contributed by atoms with Crippen molar-refractivity contribution in [1.82, 2.24) is 4.90 Å². The summed E-state index contributed by atoms with van der Waals surface area (Å²) in [4.78, 5) is 25.6. The van der Waals surface area contributed by atoms with Crippen LogP contribution in [0.1, 0.15) is 21.5 Å². The van der Waals surface area contributed by atoms with Gasteiger partial charge in [0.25, 0.3) is 11.8 Å². The van der Waals surface area contributed by atoms with E-state index in [1.54, 1.807) is 11.0 Å². The third kappa shape index (κ3) is 3.75. The van der Waals surface area contributed by atoms with Gasteiger partial charge in [0.2, 0.25) is 0 Å². The van der Waals surface area contributed by atoms with Crippen LogP contribution in [0.4, 0.5) is 0 Å². The molecular weight excluding hydrogens is 356 g/mol. The highest BCUT2D eigenvalue weighted by Crippen LogP contribution is 2.37. The topological polar surface area (TPSA) is 81.9 Å².